The zero-order chi connectivity index (χ0) is 15.8. The monoisotopic (exact) mass is 324 g/mol. The summed E-state index contributed by atoms with van der Waals surface area (Å²) in [6.45, 7) is 2.04. The highest BCUT2D eigenvalue weighted by Gasteiger charge is 2.47. The van der Waals surface area contributed by atoms with E-state index >= 15 is 0 Å². The molecule has 1 N–H and O–H groups in total. The van der Waals surface area contributed by atoms with Gasteiger partial charge in [0, 0.05) is 0 Å². The Hall–Kier alpha value is -1.02. The van der Waals surface area contributed by atoms with E-state index in [-0.39, 0.29) is 0 Å². The smallest absolute Gasteiger partial charge is 0.380 e. The van der Waals surface area contributed by atoms with Crippen molar-refractivity contribution < 1.29 is 31.3 Å². The van der Waals surface area contributed by atoms with Crippen LogP contribution in [0.5, 0.6) is 0 Å². The van der Waals surface area contributed by atoms with Gasteiger partial charge in [0.15, 0.2) is 0 Å². The number of carbonyl (C=O) groups is 1. The molecule has 2 aliphatic carbocycles. The van der Waals surface area contributed by atoms with Gasteiger partial charge in [-0.2, -0.15) is 17.2 Å². The van der Waals surface area contributed by atoms with E-state index in [1.165, 1.54) is 0 Å². The van der Waals surface area contributed by atoms with Crippen molar-refractivity contribution in [2.45, 2.75) is 50.4 Å². The lowest BCUT2D eigenvalue weighted by atomic mass is 9.74. The minimum atomic E-state index is -5.61. The molecule has 2 aliphatic rings. The number of ether oxygens (including phenoxy) is 1. The molecular weight excluding hydrogens is 306 g/mol. The third kappa shape index (κ3) is 3.79. The summed E-state index contributed by atoms with van der Waals surface area (Å²) in [6.07, 6.45) is 3.04. The molecule has 3 atom stereocenters. The third-order valence-electron chi connectivity index (χ3n) is 3.98. The van der Waals surface area contributed by atoms with E-state index in [9.17, 15) is 22.0 Å². The van der Waals surface area contributed by atoms with E-state index in [0.29, 0.717) is 18.3 Å². The summed E-state index contributed by atoms with van der Waals surface area (Å²) in [6, 6.07) is 0. The Morgan fingerprint density at radius 3 is 2.76 bits per heavy atom. The van der Waals surface area contributed by atoms with E-state index < -0.39 is 33.9 Å². The Balaban J connectivity index is 2.00. The molecule has 1 fully saturated rings. The van der Waals surface area contributed by atoms with Gasteiger partial charge < -0.3 is 4.74 Å². The summed E-state index contributed by atoms with van der Waals surface area (Å²) in [5.41, 5.74) is 0.925. The maximum Gasteiger partial charge on any atom is 0.380 e. The van der Waals surface area contributed by atoms with Crippen LogP contribution in [0, 0.1) is 11.8 Å². The fraction of sp³-hybridized carbons (Fsp3) is 0.769. The molecule has 0 aromatic carbocycles. The van der Waals surface area contributed by atoms with Crippen molar-refractivity contribution in [1.82, 2.24) is 0 Å². The number of hydrogen-bond acceptors (Lipinski definition) is 4. The standard InChI is InChI=1S/C13H18F2O5S/c1-8-4-9-2-3-11(10(5-8)6-9)20-12(16)7-13(14,15)21(17,18)19/h5,8-9,11H,2-4,6-7H2,1H3,(H,17,18,19). The van der Waals surface area contributed by atoms with Crippen molar-refractivity contribution in [3.63, 3.8) is 0 Å². The second-order valence-corrected chi connectivity index (χ2v) is 7.42. The fourth-order valence-electron chi connectivity index (χ4n) is 3.07. The van der Waals surface area contributed by atoms with Gasteiger partial charge in [-0.15, -0.1) is 0 Å². The first-order chi connectivity index (χ1) is 9.58. The zero-order valence-corrected chi connectivity index (χ0v) is 12.4. The zero-order valence-electron chi connectivity index (χ0n) is 11.6. The van der Waals surface area contributed by atoms with Gasteiger partial charge in [-0.1, -0.05) is 13.0 Å². The van der Waals surface area contributed by atoms with Gasteiger partial charge in [0.05, 0.1) is 0 Å². The van der Waals surface area contributed by atoms with Gasteiger partial charge in [0.1, 0.15) is 12.5 Å². The van der Waals surface area contributed by atoms with Crippen LogP contribution in [0.3, 0.4) is 0 Å². The highest BCUT2D eigenvalue weighted by Crippen LogP contribution is 2.40. The molecule has 0 aromatic heterocycles. The molecule has 0 aliphatic heterocycles. The minimum Gasteiger partial charge on any atom is -0.458 e. The molecule has 0 heterocycles. The van der Waals surface area contributed by atoms with Crippen molar-refractivity contribution in [2.24, 2.45) is 11.8 Å². The van der Waals surface area contributed by atoms with Crippen molar-refractivity contribution in [3.8, 4) is 0 Å². The summed E-state index contributed by atoms with van der Waals surface area (Å²) in [5, 5.41) is -4.52. The fourth-order valence-corrected chi connectivity index (χ4v) is 3.37. The number of esters is 1. The van der Waals surface area contributed by atoms with Crippen LogP contribution >= 0.6 is 0 Å². The van der Waals surface area contributed by atoms with E-state index in [4.69, 9.17) is 9.29 Å². The summed E-state index contributed by atoms with van der Waals surface area (Å²) in [5.74, 6) is -0.422. The minimum absolute atomic E-state index is 0.361. The molecular formula is C13H18F2O5S. The molecule has 120 valence electrons. The van der Waals surface area contributed by atoms with E-state index in [0.717, 1.165) is 24.8 Å². The predicted molar refractivity (Wildman–Crippen MR) is 70.2 cm³/mol. The van der Waals surface area contributed by atoms with Crippen LogP contribution in [0.4, 0.5) is 8.78 Å². The Morgan fingerprint density at radius 2 is 2.14 bits per heavy atom. The highest BCUT2D eigenvalue weighted by molar-refractivity contribution is 7.86. The van der Waals surface area contributed by atoms with Crippen LogP contribution in [0.1, 0.15) is 39.0 Å². The number of halogens is 2. The summed E-state index contributed by atoms with van der Waals surface area (Å²) in [4.78, 5) is 11.5. The first-order valence-corrected chi connectivity index (χ1v) is 8.27. The number of fused-ring (bicyclic) bond motifs is 2. The van der Waals surface area contributed by atoms with Gasteiger partial charge in [0.2, 0.25) is 0 Å². The van der Waals surface area contributed by atoms with Gasteiger partial charge >= 0.3 is 21.3 Å². The lowest BCUT2D eigenvalue weighted by Gasteiger charge is -2.36. The molecule has 0 radical (unpaired) electrons. The first-order valence-electron chi connectivity index (χ1n) is 6.83. The number of rotatable bonds is 4. The van der Waals surface area contributed by atoms with Crippen LogP contribution in [0.15, 0.2) is 11.6 Å². The van der Waals surface area contributed by atoms with E-state index in [1.54, 1.807) is 0 Å². The van der Waals surface area contributed by atoms with Crippen molar-refractivity contribution in [3.05, 3.63) is 11.6 Å². The Bertz CT molecular complexity index is 555. The third-order valence-corrected chi connectivity index (χ3v) is 4.88. The summed E-state index contributed by atoms with van der Waals surface area (Å²) >= 11 is 0. The molecule has 1 saturated carbocycles. The topological polar surface area (TPSA) is 80.7 Å². The molecule has 8 heteroatoms. The molecule has 2 rings (SSSR count). The number of allylic oxidation sites excluding steroid dienone is 1. The van der Waals surface area contributed by atoms with Crippen LogP contribution in [-0.2, 0) is 19.6 Å². The average Bonchev–Trinajstić information content (AvgIpc) is 2.30. The summed E-state index contributed by atoms with van der Waals surface area (Å²) < 4.78 is 60.5. The Kier molecular flexibility index (Phi) is 4.39. The molecule has 3 unspecified atom stereocenters. The highest BCUT2D eigenvalue weighted by atomic mass is 32.2. The van der Waals surface area contributed by atoms with Gasteiger partial charge in [-0.05, 0) is 43.1 Å². The molecule has 0 amide bonds. The number of carbonyl (C=O) groups excluding carboxylic acids is 1. The quantitative estimate of drug-likeness (QED) is 0.488. The molecule has 0 saturated heterocycles. The maximum absolute atomic E-state index is 13.1. The van der Waals surface area contributed by atoms with Gasteiger partial charge in [-0.3, -0.25) is 9.35 Å². The number of alkyl halides is 2. The summed E-state index contributed by atoms with van der Waals surface area (Å²) in [7, 11) is -5.61. The SMILES string of the molecule is CC1C=C2CC(CCC2OC(=O)CC(F)(F)S(=O)(=O)O)C1. The normalized spacial score (nSPS) is 29.7. The van der Waals surface area contributed by atoms with Crippen molar-refractivity contribution >= 4 is 16.1 Å². The molecule has 5 nitrogen and oxygen atoms in total. The molecule has 21 heavy (non-hydrogen) atoms. The lowest BCUT2D eigenvalue weighted by Crippen LogP contribution is -2.35. The Labute approximate surface area is 122 Å². The van der Waals surface area contributed by atoms with Crippen LogP contribution in [0.25, 0.3) is 0 Å². The second kappa shape index (κ2) is 5.64. The average molecular weight is 324 g/mol. The molecule has 0 spiro atoms. The van der Waals surface area contributed by atoms with E-state index in [2.05, 4.69) is 0 Å². The molecule has 2 bridgehead atoms. The van der Waals surface area contributed by atoms with Crippen LogP contribution in [-0.4, -0.2) is 30.3 Å². The largest absolute Gasteiger partial charge is 0.458 e. The predicted octanol–water partition coefficient (Wildman–Crippen LogP) is 2.54. The molecule has 0 aromatic rings. The Morgan fingerprint density at radius 1 is 1.48 bits per heavy atom. The second-order valence-electron chi connectivity index (χ2n) is 5.87. The first kappa shape index (κ1) is 16.4. The van der Waals surface area contributed by atoms with Crippen LogP contribution < -0.4 is 0 Å². The number of hydrogen-bond donors (Lipinski definition) is 1. The lowest BCUT2D eigenvalue weighted by molar-refractivity contribution is -0.153. The van der Waals surface area contributed by atoms with Crippen molar-refractivity contribution in [1.29, 1.82) is 0 Å². The van der Waals surface area contributed by atoms with Crippen LogP contribution in [0.2, 0.25) is 0 Å². The maximum atomic E-state index is 13.1. The van der Waals surface area contributed by atoms with Gasteiger partial charge in [0.25, 0.3) is 0 Å². The van der Waals surface area contributed by atoms with Gasteiger partial charge in [-0.25, -0.2) is 0 Å². The van der Waals surface area contributed by atoms with Crippen molar-refractivity contribution in [2.75, 3.05) is 0 Å². The van der Waals surface area contributed by atoms with E-state index in [1.807, 2.05) is 13.0 Å².